The first kappa shape index (κ1) is 11.7. The van der Waals surface area contributed by atoms with Crippen molar-refractivity contribution in [2.24, 2.45) is 11.8 Å². The average molecular weight is 208 g/mol. The van der Waals surface area contributed by atoms with Gasteiger partial charge in [0.05, 0.1) is 11.6 Å². The first-order valence-electron chi connectivity index (χ1n) is 4.86. The molecule has 1 rings (SSSR count). The van der Waals surface area contributed by atoms with Crippen molar-refractivity contribution in [1.82, 2.24) is 5.43 Å². The molecule has 0 aromatic heterocycles. The Morgan fingerprint density at radius 2 is 2.00 bits per heavy atom. The Labute approximate surface area is 89.1 Å². The maximum absolute atomic E-state index is 11.9. The summed E-state index contributed by atoms with van der Waals surface area (Å²) < 4.78 is 0. The molecule has 4 N–H and O–H groups in total. The maximum Gasteiger partial charge on any atom is 0.185 e. The molecule has 0 bridgehead atoms. The largest absolute Gasteiger partial charge is 0.507 e. The van der Waals surface area contributed by atoms with Crippen molar-refractivity contribution < 1.29 is 9.90 Å². The Hall–Kier alpha value is -1.39. The van der Waals surface area contributed by atoms with Crippen LogP contribution in [0.3, 0.4) is 0 Å². The molecule has 0 heterocycles. The standard InChI is InChI=1S/C11H16N2O2/c1-7(2)10(13-12)11(15)8-5-3-4-6-9(8)14/h3-7,10,13-14H,12H2,1-2H3. The molecule has 1 unspecified atom stereocenters. The molecule has 1 atom stereocenters. The predicted octanol–water partition coefficient (Wildman–Crippen LogP) is 1.06. The lowest BCUT2D eigenvalue weighted by atomic mass is 9.95. The van der Waals surface area contributed by atoms with Gasteiger partial charge in [0, 0.05) is 0 Å². The van der Waals surface area contributed by atoms with Gasteiger partial charge in [-0.15, -0.1) is 0 Å². The minimum atomic E-state index is -0.474. The molecular weight excluding hydrogens is 192 g/mol. The van der Waals surface area contributed by atoms with Crippen LogP contribution in [0.4, 0.5) is 0 Å². The summed E-state index contributed by atoms with van der Waals surface area (Å²) in [7, 11) is 0. The van der Waals surface area contributed by atoms with Gasteiger partial charge in [-0.25, -0.2) is 5.43 Å². The molecule has 15 heavy (non-hydrogen) atoms. The Morgan fingerprint density at radius 3 is 2.47 bits per heavy atom. The number of phenolic OH excluding ortho intramolecular Hbond substituents is 1. The number of hydrazine groups is 1. The molecule has 0 saturated carbocycles. The number of nitrogens with two attached hydrogens (primary N) is 1. The molecule has 0 aliphatic rings. The topological polar surface area (TPSA) is 75.3 Å². The minimum absolute atomic E-state index is 0.0107. The van der Waals surface area contributed by atoms with Crippen LogP contribution >= 0.6 is 0 Å². The molecule has 0 spiro atoms. The fourth-order valence-electron chi connectivity index (χ4n) is 1.42. The number of carbonyl (C=O) groups is 1. The van der Waals surface area contributed by atoms with E-state index in [2.05, 4.69) is 5.43 Å². The highest BCUT2D eigenvalue weighted by atomic mass is 16.3. The van der Waals surface area contributed by atoms with Crippen molar-refractivity contribution in [1.29, 1.82) is 0 Å². The number of Topliss-reactive ketones (excluding diaryl/α,β-unsaturated/α-hetero) is 1. The fraction of sp³-hybridized carbons (Fsp3) is 0.364. The number of nitrogens with one attached hydrogen (secondary N) is 1. The second kappa shape index (κ2) is 4.91. The highest BCUT2D eigenvalue weighted by molar-refractivity contribution is 6.02. The van der Waals surface area contributed by atoms with E-state index in [4.69, 9.17) is 5.84 Å². The van der Waals surface area contributed by atoms with Gasteiger partial charge in [0.15, 0.2) is 5.78 Å². The van der Waals surface area contributed by atoms with Crippen LogP contribution in [0, 0.1) is 5.92 Å². The molecule has 0 radical (unpaired) electrons. The molecule has 1 aromatic rings. The third kappa shape index (κ3) is 2.55. The highest BCUT2D eigenvalue weighted by Gasteiger charge is 2.23. The van der Waals surface area contributed by atoms with E-state index in [0.717, 1.165) is 0 Å². The number of hydrogen-bond donors (Lipinski definition) is 3. The van der Waals surface area contributed by atoms with E-state index in [1.165, 1.54) is 6.07 Å². The normalized spacial score (nSPS) is 12.8. The summed E-state index contributed by atoms with van der Waals surface area (Å²) in [5, 5.41) is 9.52. The molecule has 4 nitrogen and oxygen atoms in total. The zero-order chi connectivity index (χ0) is 11.4. The van der Waals surface area contributed by atoms with Crippen LogP contribution in [-0.4, -0.2) is 16.9 Å². The number of aromatic hydroxyl groups is 1. The van der Waals surface area contributed by atoms with Crippen LogP contribution in [0.25, 0.3) is 0 Å². The van der Waals surface area contributed by atoms with Crippen molar-refractivity contribution in [3.63, 3.8) is 0 Å². The van der Waals surface area contributed by atoms with Crippen LogP contribution in [0.2, 0.25) is 0 Å². The monoisotopic (exact) mass is 208 g/mol. The molecular formula is C11H16N2O2. The van der Waals surface area contributed by atoms with Crippen molar-refractivity contribution in [2.75, 3.05) is 0 Å². The lowest BCUT2D eigenvalue weighted by Gasteiger charge is -2.18. The van der Waals surface area contributed by atoms with Gasteiger partial charge < -0.3 is 5.11 Å². The Balaban J connectivity index is 2.98. The van der Waals surface area contributed by atoms with E-state index in [9.17, 15) is 9.90 Å². The number of ketones is 1. The van der Waals surface area contributed by atoms with Crippen LogP contribution in [0.15, 0.2) is 24.3 Å². The first-order chi connectivity index (χ1) is 7.07. The third-order valence-electron chi connectivity index (χ3n) is 2.30. The Bertz CT molecular complexity index is 350. The summed E-state index contributed by atoms with van der Waals surface area (Å²) in [5.74, 6) is 5.18. The number of phenols is 1. The average Bonchev–Trinajstić information content (AvgIpc) is 2.18. The molecule has 4 heteroatoms. The minimum Gasteiger partial charge on any atom is -0.507 e. The van der Waals surface area contributed by atoms with E-state index in [-0.39, 0.29) is 17.5 Å². The number of carbonyl (C=O) groups excluding carboxylic acids is 1. The second-order valence-electron chi connectivity index (χ2n) is 3.77. The molecule has 0 aliphatic carbocycles. The third-order valence-corrected chi connectivity index (χ3v) is 2.30. The van der Waals surface area contributed by atoms with Gasteiger partial charge in [-0.1, -0.05) is 26.0 Å². The SMILES string of the molecule is CC(C)C(NN)C(=O)c1ccccc1O. The van der Waals surface area contributed by atoms with Crippen LogP contribution in [0.5, 0.6) is 5.75 Å². The maximum atomic E-state index is 11.9. The zero-order valence-electron chi connectivity index (χ0n) is 8.90. The molecule has 0 aliphatic heterocycles. The van der Waals surface area contributed by atoms with Crippen molar-refractivity contribution in [3.8, 4) is 5.75 Å². The summed E-state index contributed by atoms with van der Waals surface area (Å²) in [4.78, 5) is 11.9. The molecule has 1 aromatic carbocycles. The molecule has 0 saturated heterocycles. The molecule has 0 amide bonds. The number of para-hydroxylation sites is 1. The Morgan fingerprint density at radius 1 is 1.40 bits per heavy atom. The number of benzene rings is 1. The van der Waals surface area contributed by atoms with Gasteiger partial charge in [-0.3, -0.25) is 10.6 Å². The van der Waals surface area contributed by atoms with Crippen molar-refractivity contribution in [2.45, 2.75) is 19.9 Å². The fourth-order valence-corrected chi connectivity index (χ4v) is 1.42. The van der Waals surface area contributed by atoms with E-state index in [1.807, 2.05) is 13.8 Å². The summed E-state index contributed by atoms with van der Waals surface area (Å²) in [6.07, 6.45) is 0. The Kier molecular flexibility index (Phi) is 3.82. The lowest BCUT2D eigenvalue weighted by molar-refractivity contribution is 0.0915. The summed E-state index contributed by atoms with van der Waals surface area (Å²) >= 11 is 0. The van der Waals surface area contributed by atoms with E-state index < -0.39 is 6.04 Å². The first-order valence-corrected chi connectivity index (χ1v) is 4.86. The molecule has 82 valence electrons. The predicted molar refractivity (Wildman–Crippen MR) is 58.4 cm³/mol. The van der Waals surface area contributed by atoms with Crippen LogP contribution in [0.1, 0.15) is 24.2 Å². The molecule has 0 fully saturated rings. The summed E-state index contributed by atoms with van der Waals surface area (Å²) in [6, 6.07) is 5.98. The van der Waals surface area contributed by atoms with Gasteiger partial charge in [0.25, 0.3) is 0 Å². The van der Waals surface area contributed by atoms with E-state index >= 15 is 0 Å². The van der Waals surface area contributed by atoms with Crippen LogP contribution < -0.4 is 11.3 Å². The van der Waals surface area contributed by atoms with Crippen molar-refractivity contribution >= 4 is 5.78 Å². The smallest absolute Gasteiger partial charge is 0.185 e. The van der Waals surface area contributed by atoms with Gasteiger partial charge in [-0.2, -0.15) is 0 Å². The van der Waals surface area contributed by atoms with E-state index in [1.54, 1.807) is 18.2 Å². The number of hydrogen-bond acceptors (Lipinski definition) is 4. The van der Waals surface area contributed by atoms with Gasteiger partial charge >= 0.3 is 0 Å². The van der Waals surface area contributed by atoms with Crippen molar-refractivity contribution in [3.05, 3.63) is 29.8 Å². The van der Waals surface area contributed by atoms with Crippen LogP contribution in [-0.2, 0) is 0 Å². The van der Waals surface area contributed by atoms with Gasteiger partial charge in [0.2, 0.25) is 0 Å². The second-order valence-corrected chi connectivity index (χ2v) is 3.77. The van der Waals surface area contributed by atoms with E-state index in [0.29, 0.717) is 5.56 Å². The highest BCUT2D eigenvalue weighted by Crippen LogP contribution is 2.19. The quantitative estimate of drug-likeness (QED) is 0.393. The number of rotatable bonds is 4. The van der Waals surface area contributed by atoms with Gasteiger partial charge in [-0.05, 0) is 18.1 Å². The lowest BCUT2D eigenvalue weighted by Crippen LogP contribution is -2.45. The zero-order valence-corrected chi connectivity index (χ0v) is 8.90. The summed E-state index contributed by atoms with van der Waals surface area (Å²) in [5.41, 5.74) is 2.77. The van der Waals surface area contributed by atoms with Gasteiger partial charge in [0.1, 0.15) is 5.75 Å². The summed E-state index contributed by atoms with van der Waals surface area (Å²) in [6.45, 7) is 3.78.